The molecule has 2 aromatic rings. The summed E-state index contributed by atoms with van der Waals surface area (Å²) in [5.74, 6) is 0.147. The number of carbonyl (C=O) groups excluding carboxylic acids is 1. The summed E-state index contributed by atoms with van der Waals surface area (Å²) < 4.78 is 7.26. The SMILES string of the molecule is NCc1ccc2c(ccn2CC(=O)N2CCOCC2)c1. The quantitative estimate of drug-likeness (QED) is 0.906. The lowest BCUT2D eigenvalue weighted by Gasteiger charge is -2.27. The molecule has 0 aliphatic carbocycles. The van der Waals surface area contributed by atoms with Gasteiger partial charge in [-0.05, 0) is 29.1 Å². The van der Waals surface area contributed by atoms with E-state index in [2.05, 4.69) is 6.07 Å². The lowest BCUT2D eigenvalue weighted by atomic mass is 10.1. The molecule has 106 valence electrons. The Morgan fingerprint density at radius 2 is 2.05 bits per heavy atom. The second-order valence-electron chi connectivity index (χ2n) is 5.03. The Kier molecular flexibility index (Phi) is 3.71. The van der Waals surface area contributed by atoms with Crippen LogP contribution in [0.5, 0.6) is 0 Å². The van der Waals surface area contributed by atoms with Gasteiger partial charge in [0.1, 0.15) is 6.54 Å². The fourth-order valence-corrected chi connectivity index (χ4v) is 2.57. The van der Waals surface area contributed by atoms with E-state index in [-0.39, 0.29) is 5.91 Å². The van der Waals surface area contributed by atoms with Crippen LogP contribution in [-0.4, -0.2) is 41.7 Å². The van der Waals surface area contributed by atoms with Crippen LogP contribution in [0.2, 0.25) is 0 Å². The van der Waals surface area contributed by atoms with Crippen LogP contribution < -0.4 is 5.73 Å². The summed E-state index contributed by atoms with van der Waals surface area (Å²) in [6.45, 7) is 3.57. The maximum atomic E-state index is 12.3. The van der Waals surface area contributed by atoms with Crippen molar-refractivity contribution in [1.29, 1.82) is 0 Å². The van der Waals surface area contributed by atoms with E-state index in [1.165, 1.54) is 0 Å². The van der Waals surface area contributed by atoms with Gasteiger partial charge in [-0.2, -0.15) is 0 Å². The van der Waals surface area contributed by atoms with Crippen LogP contribution in [-0.2, 0) is 22.6 Å². The number of amides is 1. The zero-order valence-corrected chi connectivity index (χ0v) is 11.4. The molecule has 5 heteroatoms. The van der Waals surface area contributed by atoms with Gasteiger partial charge in [-0.25, -0.2) is 0 Å². The van der Waals surface area contributed by atoms with Gasteiger partial charge in [0.15, 0.2) is 0 Å². The highest BCUT2D eigenvalue weighted by Crippen LogP contribution is 2.18. The highest BCUT2D eigenvalue weighted by atomic mass is 16.5. The van der Waals surface area contributed by atoms with Gasteiger partial charge in [0.05, 0.1) is 13.2 Å². The van der Waals surface area contributed by atoms with Crippen molar-refractivity contribution in [3.8, 4) is 0 Å². The van der Waals surface area contributed by atoms with Gasteiger partial charge in [0.2, 0.25) is 5.91 Å². The minimum atomic E-state index is 0.147. The number of rotatable bonds is 3. The molecule has 1 aliphatic rings. The minimum absolute atomic E-state index is 0.147. The third-order valence-corrected chi connectivity index (χ3v) is 3.74. The molecule has 20 heavy (non-hydrogen) atoms. The number of fused-ring (bicyclic) bond motifs is 1. The number of morpholine rings is 1. The minimum Gasteiger partial charge on any atom is -0.378 e. The van der Waals surface area contributed by atoms with Crippen LogP contribution in [0, 0.1) is 0 Å². The Hall–Kier alpha value is -1.85. The van der Waals surface area contributed by atoms with Gasteiger partial charge in [-0.15, -0.1) is 0 Å². The summed E-state index contributed by atoms with van der Waals surface area (Å²) in [5.41, 5.74) is 7.83. The Morgan fingerprint density at radius 1 is 1.25 bits per heavy atom. The second kappa shape index (κ2) is 5.64. The van der Waals surface area contributed by atoms with Crippen LogP contribution >= 0.6 is 0 Å². The maximum Gasteiger partial charge on any atom is 0.242 e. The van der Waals surface area contributed by atoms with E-state index in [4.69, 9.17) is 10.5 Å². The number of aromatic nitrogens is 1. The molecule has 0 atom stereocenters. The number of nitrogens with zero attached hydrogens (tertiary/aromatic N) is 2. The predicted molar refractivity (Wildman–Crippen MR) is 77.2 cm³/mol. The molecule has 1 aliphatic heterocycles. The zero-order valence-electron chi connectivity index (χ0n) is 11.4. The molecule has 0 saturated carbocycles. The van der Waals surface area contributed by atoms with Crippen molar-refractivity contribution in [2.75, 3.05) is 26.3 Å². The fourth-order valence-electron chi connectivity index (χ4n) is 2.57. The molecule has 2 N–H and O–H groups in total. The number of carbonyl (C=O) groups is 1. The molecule has 0 spiro atoms. The molecule has 0 unspecified atom stereocenters. The summed E-state index contributed by atoms with van der Waals surface area (Å²) in [6, 6.07) is 8.15. The van der Waals surface area contributed by atoms with E-state index in [0.717, 1.165) is 16.5 Å². The molecule has 1 aromatic heterocycles. The Labute approximate surface area is 117 Å². The predicted octanol–water partition coefficient (Wildman–Crippen LogP) is 0.959. The van der Waals surface area contributed by atoms with Gasteiger partial charge >= 0.3 is 0 Å². The first-order valence-electron chi connectivity index (χ1n) is 6.91. The maximum absolute atomic E-state index is 12.3. The van der Waals surface area contributed by atoms with E-state index in [0.29, 0.717) is 39.4 Å². The smallest absolute Gasteiger partial charge is 0.242 e. The Balaban J connectivity index is 1.78. The van der Waals surface area contributed by atoms with Crippen LogP contribution in [0.1, 0.15) is 5.56 Å². The van der Waals surface area contributed by atoms with Crippen molar-refractivity contribution in [3.05, 3.63) is 36.0 Å². The summed E-state index contributed by atoms with van der Waals surface area (Å²) in [5, 5.41) is 1.13. The Morgan fingerprint density at radius 3 is 2.80 bits per heavy atom. The lowest BCUT2D eigenvalue weighted by Crippen LogP contribution is -2.42. The lowest BCUT2D eigenvalue weighted by molar-refractivity contribution is -0.135. The van der Waals surface area contributed by atoms with Gasteiger partial charge < -0.3 is 19.9 Å². The highest BCUT2D eigenvalue weighted by molar-refractivity contribution is 5.84. The topological polar surface area (TPSA) is 60.5 Å². The Bertz CT molecular complexity index is 615. The van der Waals surface area contributed by atoms with E-state index in [1.807, 2.05) is 33.9 Å². The molecule has 3 rings (SSSR count). The average molecular weight is 273 g/mol. The number of nitrogens with two attached hydrogens (primary N) is 1. The van der Waals surface area contributed by atoms with Gasteiger partial charge in [-0.1, -0.05) is 6.07 Å². The van der Waals surface area contributed by atoms with Gasteiger partial charge in [0.25, 0.3) is 0 Å². The molecule has 5 nitrogen and oxygen atoms in total. The molecule has 0 radical (unpaired) electrons. The number of ether oxygens (including phenoxy) is 1. The molecule has 1 amide bonds. The molecule has 0 bridgehead atoms. The fraction of sp³-hybridized carbons (Fsp3) is 0.400. The van der Waals surface area contributed by atoms with Crippen molar-refractivity contribution in [2.24, 2.45) is 5.73 Å². The highest BCUT2D eigenvalue weighted by Gasteiger charge is 2.17. The third kappa shape index (κ3) is 2.55. The number of hydrogen-bond donors (Lipinski definition) is 1. The van der Waals surface area contributed by atoms with Crippen molar-refractivity contribution >= 4 is 16.8 Å². The van der Waals surface area contributed by atoms with Gasteiger partial charge in [-0.3, -0.25) is 4.79 Å². The van der Waals surface area contributed by atoms with Crippen LogP contribution in [0.15, 0.2) is 30.5 Å². The van der Waals surface area contributed by atoms with E-state index in [1.54, 1.807) is 0 Å². The van der Waals surface area contributed by atoms with E-state index >= 15 is 0 Å². The number of hydrogen-bond acceptors (Lipinski definition) is 3. The molecular weight excluding hydrogens is 254 g/mol. The number of benzene rings is 1. The second-order valence-corrected chi connectivity index (χ2v) is 5.03. The monoisotopic (exact) mass is 273 g/mol. The zero-order chi connectivity index (χ0) is 13.9. The van der Waals surface area contributed by atoms with Crippen molar-refractivity contribution in [1.82, 2.24) is 9.47 Å². The molecule has 1 fully saturated rings. The third-order valence-electron chi connectivity index (χ3n) is 3.74. The first kappa shape index (κ1) is 13.1. The summed E-state index contributed by atoms with van der Waals surface area (Å²) in [4.78, 5) is 14.1. The van der Waals surface area contributed by atoms with Crippen molar-refractivity contribution in [2.45, 2.75) is 13.1 Å². The van der Waals surface area contributed by atoms with Crippen LogP contribution in [0.3, 0.4) is 0 Å². The molecule has 1 aromatic carbocycles. The van der Waals surface area contributed by atoms with E-state index < -0.39 is 0 Å². The van der Waals surface area contributed by atoms with Crippen LogP contribution in [0.25, 0.3) is 10.9 Å². The summed E-state index contributed by atoms with van der Waals surface area (Å²) in [7, 11) is 0. The molecular formula is C15H19N3O2. The van der Waals surface area contributed by atoms with Crippen LogP contribution in [0.4, 0.5) is 0 Å². The molecule has 2 heterocycles. The normalized spacial score (nSPS) is 15.8. The van der Waals surface area contributed by atoms with Crippen molar-refractivity contribution < 1.29 is 9.53 Å². The molecule has 1 saturated heterocycles. The standard InChI is InChI=1S/C15H19N3O2/c16-10-12-1-2-14-13(9-12)3-4-18(14)11-15(19)17-5-7-20-8-6-17/h1-4,9H,5-8,10-11,16H2. The largest absolute Gasteiger partial charge is 0.378 e. The van der Waals surface area contributed by atoms with E-state index in [9.17, 15) is 4.79 Å². The average Bonchev–Trinajstić information content (AvgIpc) is 2.90. The first-order valence-corrected chi connectivity index (χ1v) is 6.91. The summed E-state index contributed by atoms with van der Waals surface area (Å²) in [6.07, 6.45) is 1.96. The van der Waals surface area contributed by atoms with Crippen molar-refractivity contribution in [3.63, 3.8) is 0 Å². The first-order chi connectivity index (χ1) is 9.78. The summed E-state index contributed by atoms with van der Waals surface area (Å²) >= 11 is 0. The van der Waals surface area contributed by atoms with Gasteiger partial charge in [0, 0.05) is 31.3 Å².